The number of likely N-dealkylation sites (N-methyl/N-ethyl adjacent to an activating group) is 1. The highest BCUT2D eigenvalue weighted by Crippen LogP contribution is 2.40. The van der Waals surface area contributed by atoms with Gasteiger partial charge in [-0.1, -0.05) is 19.3 Å². The minimum Gasteiger partial charge on any atom is -0.367 e. The second kappa shape index (κ2) is 9.39. The first-order valence-electron chi connectivity index (χ1n) is 12.2. The van der Waals surface area contributed by atoms with Gasteiger partial charge in [-0.25, -0.2) is 4.68 Å². The van der Waals surface area contributed by atoms with Crippen molar-refractivity contribution in [1.82, 2.24) is 19.6 Å². The molecule has 1 aromatic heterocycles. The van der Waals surface area contributed by atoms with Crippen molar-refractivity contribution in [3.8, 4) is 0 Å². The smallest absolute Gasteiger partial charge is 0.168 e. The molecule has 1 aromatic rings. The molecule has 1 saturated heterocycles. The largest absolute Gasteiger partial charge is 0.367 e. The molecule has 0 bridgehead atoms. The number of rotatable bonds is 7. The monoisotopic (exact) mass is 415 g/mol. The number of carbonyl (C=O) groups excluding carboxylic acids is 1. The van der Waals surface area contributed by atoms with Crippen molar-refractivity contribution in [1.29, 1.82) is 0 Å². The van der Waals surface area contributed by atoms with Crippen LogP contribution in [0.2, 0.25) is 0 Å². The average molecular weight is 416 g/mol. The van der Waals surface area contributed by atoms with Crippen molar-refractivity contribution in [2.24, 2.45) is 5.92 Å². The van der Waals surface area contributed by atoms with Crippen LogP contribution in [0.3, 0.4) is 0 Å². The van der Waals surface area contributed by atoms with Crippen molar-refractivity contribution in [2.75, 3.05) is 45.1 Å². The number of aromatic nitrogens is 2. The predicted octanol–water partition coefficient (Wildman–Crippen LogP) is 3.98. The number of fused-ring (bicyclic) bond motifs is 1. The Labute approximate surface area is 182 Å². The van der Waals surface area contributed by atoms with E-state index in [0.717, 1.165) is 69.3 Å². The molecular weight excluding hydrogens is 374 g/mol. The topological polar surface area (TPSA) is 53.4 Å². The number of carbonyl (C=O) groups is 1. The van der Waals surface area contributed by atoms with Crippen molar-refractivity contribution in [3.63, 3.8) is 0 Å². The molecule has 3 aliphatic rings. The Kier molecular flexibility index (Phi) is 6.83. The summed E-state index contributed by atoms with van der Waals surface area (Å²) < 4.78 is 2.07. The molecule has 1 saturated carbocycles. The van der Waals surface area contributed by atoms with Crippen LogP contribution in [0.5, 0.6) is 0 Å². The van der Waals surface area contributed by atoms with E-state index in [0.29, 0.717) is 12.5 Å². The van der Waals surface area contributed by atoms with Crippen molar-refractivity contribution >= 4 is 11.6 Å². The second-order valence-corrected chi connectivity index (χ2v) is 10.5. The lowest BCUT2D eigenvalue weighted by Crippen LogP contribution is -2.45. The molecule has 30 heavy (non-hydrogen) atoms. The van der Waals surface area contributed by atoms with E-state index in [9.17, 15) is 4.79 Å². The molecule has 1 atom stereocenters. The highest BCUT2D eigenvalue weighted by Gasteiger charge is 2.39. The van der Waals surface area contributed by atoms with Crippen molar-refractivity contribution in [3.05, 3.63) is 11.8 Å². The van der Waals surface area contributed by atoms with Gasteiger partial charge in [0.05, 0.1) is 17.3 Å². The van der Waals surface area contributed by atoms with Crippen molar-refractivity contribution in [2.45, 2.75) is 83.2 Å². The zero-order chi connectivity index (χ0) is 21.1. The van der Waals surface area contributed by atoms with E-state index in [-0.39, 0.29) is 11.3 Å². The molecule has 0 amide bonds. The first-order valence-corrected chi connectivity index (χ1v) is 12.2. The molecule has 2 fully saturated rings. The Balaban J connectivity index is 1.34. The summed E-state index contributed by atoms with van der Waals surface area (Å²) in [7, 11) is 2.19. The molecule has 6 heteroatoms. The number of nitrogens with one attached hydrogen (secondary N) is 1. The van der Waals surface area contributed by atoms with Gasteiger partial charge in [-0.3, -0.25) is 4.79 Å². The van der Waals surface area contributed by atoms with E-state index in [1.165, 1.54) is 32.1 Å². The standard InChI is InChI=1S/C24H41N5O/c1-24(2)17-21(19-9-5-4-6-10-19)26-23-20(18-25-29(23)24)22(30)11-7-8-12-28-15-13-27(3)14-16-28/h18-19,21,26H,4-17H2,1-3H3. The highest BCUT2D eigenvalue weighted by atomic mass is 16.1. The summed E-state index contributed by atoms with van der Waals surface area (Å²) in [5.41, 5.74) is 0.769. The third-order valence-corrected chi connectivity index (χ3v) is 7.63. The van der Waals surface area contributed by atoms with Crippen LogP contribution in [0, 0.1) is 5.92 Å². The maximum atomic E-state index is 13.1. The zero-order valence-corrected chi connectivity index (χ0v) is 19.3. The fraction of sp³-hybridized carbons (Fsp3) is 0.833. The Morgan fingerprint density at radius 3 is 2.60 bits per heavy atom. The number of ketones is 1. The van der Waals surface area contributed by atoms with Crippen LogP contribution >= 0.6 is 0 Å². The SMILES string of the molecule is CN1CCN(CCCCC(=O)c2cnn3c2NC(C2CCCCC2)CC3(C)C)CC1. The summed E-state index contributed by atoms with van der Waals surface area (Å²) in [4.78, 5) is 18.0. The maximum Gasteiger partial charge on any atom is 0.168 e. The molecule has 3 heterocycles. The number of anilines is 1. The fourth-order valence-electron chi connectivity index (χ4n) is 5.65. The molecule has 2 aliphatic heterocycles. The van der Waals surface area contributed by atoms with Crippen LogP contribution in [0.4, 0.5) is 5.82 Å². The van der Waals surface area contributed by atoms with Crippen LogP contribution in [-0.4, -0.2) is 71.2 Å². The number of unbranched alkanes of at least 4 members (excludes halogenated alkanes) is 1. The zero-order valence-electron chi connectivity index (χ0n) is 19.3. The fourth-order valence-corrected chi connectivity index (χ4v) is 5.65. The van der Waals surface area contributed by atoms with E-state index in [2.05, 4.69) is 45.8 Å². The summed E-state index contributed by atoms with van der Waals surface area (Å²) in [6.07, 6.45) is 12.3. The highest BCUT2D eigenvalue weighted by molar-refractivity contribution is 6.00. The number of piperazine rings is 1. The van der Waals surface area contributed by atoms with Gasteiger partial charge in [-0.05, 0) is 65.5 Å². The van der Waals surface area contributed by atoms with Crippen LogP contribution < -0.4 is 5.32 Å². The Morgan fingerprint density at radius 1 is 1.13 bits per heavy atom. The molecule has 0 radical (unpaired) electrons. The van der Waals surface area contributed by atoms with Crippen LogP contribution in [0.1, 0.15) is 82.0 Å². The minimum atomic E-state index is -0.0390. The van der Waals surface area contributed by atoms with Gasteiger partial charge in [0.2, 0.25) is 0 Å². The third-order valence-electron chi connectivity index (χ3n) is 7.63. The molecule has 1 unspecified atom stereocenters. The maximum absolute atomic E-state index is 13.1. The van der Waals surface area contributed by atoms with Gasteiger partial charge in [-0.2, -0.15) is 5.10 Å². The second-order valence-electron chi connectivity index (χ2n) is 10.5. The molecule has 0 aromatic carbocycles. The minimum absolute atomic E-state index is 0.0390. The summed E-state index contributed by atoms with van der Waals surface area (Å²) in [5, 5.41) is 8.40. The summed E-state index contributed by atoms with van der Waals surface area (Å²) in [6.45, 7) is 10.3. The van der Waals surface area contributed by atoms with Gasteiger partial charge >= 0.3 is 0 Å². The molecule has 1 N–H and O–H groups in total. The third kappa shape index (κ3) is 4.91. The molecule has 168 valence electrons. The van der Waals surface area contributed by atoms with Gasteiger partial charge in [0, 0.05) is 38.6 Å². The van der Waals surface area contributed by atoms with E-state index >= 15 is 0 Å². The molecule has 6 nitrogen and oxygen atoms in total. The van der Waals surface area contributed by atoms with Gasteiger partial charge in [0.1, 0.15) is 5.82 Å². The lowest BCUT2D eigenvalue weighted by atomic mass is 9.78. The Hall–Kier alpha value is -1.40. The van der Waals surface area contributed by atoms with Crippen LogP contribution in [-0.2, 0) is 5.54 Å². The first-order chi connectivity index (χ1) is 14.4. The number of hydrogen-bond donors (Lipinski definition) is 1. The molecule has 0 spiro atoms. The first kappa shape index (κ1) is 21.8. The molecular formula is C24H41N5O. The quantitative estimate of drug-likeness (QED) is 0.539. The molecule has 4 rings (SSSR count). The van der Waals surface area contributed by atoms with E-state index in [1.807, 2.05) is 6.20 Å². The summed E-state index contributed by atoms with van der Waals surface area (Å²) in [5.74, 6) is 1.96. The number of nitrogens with zero attached hydrogens (tertiary/aromatic N) is 4. The lowest BCUT2D eigenvalue weighted by Gasteiger charge is -2.42. The lowest BCUT2D eigenvalue weighted by molar-refractivity contribution is 0.0975. The van der Waals surface area contributed by atoms with Gasteiger partial charge in [-0.15, -0.1) is 0 Å². The number of hydrogen-bond acceptors (Lipinski definition) is 5. The van der Waals surface area contributed by atoms with Crippen molar-refractivity contribution < 1.29 is 4.79 Å². The summed E-state index contributed by atoms with van der Waals surface area (Å²) in [6, 6.07) is 0.466. The predicted molar refractivity (Wildman–Crippen MR) is 122 cm³/mol. The normalized spacial score (nSPS) is 25.6. The number of Topliss-reactive ketones (excluding diaryl/α,β-unsaturated/α-hetero) is 1. The summed E-state index contributed by atoms with van der Waals surface area (Å²) >= 11 is 0. The Bertz CT molecular complexity index is 713. The van der Waals surface area contributed by atoms with E-state index < -0.39 is 0 Å². The van der Waals surface area contributed by atoms with Crippen LogP contribution in [0.15, 0.2) is 6.20 Å². The Morgan fingerprint density at radius 2 is 1.87 bits per heavy atom. The van der Waals surface area contributed by atoms with Gasteiger partial charge in [0.25, 0.3) is 0 Å². The van der Waals surface area contributed by atoms with Gasteiger partial charge in [0.15, 0.2) is 5.78 Å². The van der Waals surface area contributed by atoms with Gasteiger partial charge < -0.3 is 15.1 Å². The van der Waals surface area contributed by atoms with E-state index in [4.69, 9.17) is 0 Å². The van der Waals surface area contributed by atoms with E-state index in [1.54, 1.807) is 0 Å². The molecule has 1 aliphatic carbocycles. The average Bonchev–Trinajstić information content (AvgIpc) is 3.18. The van der Waals surface area contributed by atoms with Crippen LogP contribution in [0.25, 0.3) is 0 Å².